The highest BCUT2D eigenvalue weighted by atomic mass is 32.1. The Bertz CT molecular complexity index is 2700. The molecule has 26 nitrogen and oxygen atoms in total. The van der Waals surface area contributed by atoms with Gasteiger partial charge in [-0.2, -0.15) is 25.3 Å². The van der Waals surface area contributed by atoms with Crippen molar-refractivity contribution in [3.8, 4) is 0 Å². The van der Waals surface area contributed by atoms with Crippen LogP contribution < -0.4 is 70.4 Å². The normalized spacial score (nSPS) is 14.8. The van der Waals surface area contributed by atoms with Gasteiger partial charge in [0.05, 0.1) is 24.8 Å². The van der Waals surface area contributed by atoms with E-state index in [1.807, 2.05) is 18.2 Å². The molecule has 3 rings (SSSR count). The van der Waals surface area contributed by atoms with Crippen LogP contribution in [-0.2, 0) is 56.0 Å². The minimum absolute atomic E-state index is 0.0295. The van der Waals surface area contributed by atoms with Crippen LogP contribution in [-0.4, -0.2) is 179 Å². The predicted octanol–water partition coefficient (Wildman–Crippen LogP) is -0.108. The van der Waals surface area contributed by atoms with E-state index in [1.54, 1.807) is 42.6 Å². The number of nitrogens with one attached hydrogen (secondary N) is 11. The second kappa shape index (κ2) is 42.9. The van der Waals surface area contributed by atoms with Gasteiger partial charge < -0.3 is 85.6 Å². The third-order valence-corrected chi connectivity index (χ3v) is 15.4. The molecule has 0 aliphatic heterocycles. The lowest BCUT2D eigenvalue weighted by Crippen LogP contribution is -2.62. The number of aliphatic imine (C=N–C) groups is 1. The summed E-state index contributed by atoms with van der Waals surface area (Å²) in [4.78, 5) is 131. The molecule has 0 fully saturated rings. The van der Waals surface area contributed by atoms with Crippen molar-refractivity contribution >= 4 is 95.3 Å². The summed E-state index contributed by atoms with van der Waals surface area (Å²) in [6.45, 7) is 8.69. The molecule has 3 aromatic rings. The molecule has 0 spiro atoms. The maximum absolute atomic E-state index is 14.8. The van der Waals surface area contributed by atoms with Gasteiger partial charge in [0.1, 0.15) is 42.3 Å². The SMILES string of the molecule is CCCCCCN=C(NCCCCCC)NCCCC[C@H](N)C(=O)NCC(=O)N[C@@H](CS)C(=O)N[C@@H](Cc1ccccc1)C(=O)N[C@H](Cc1c[nH]c2ccccc12)C(=O)N[C@@H](CCCCN)C(=O)N[C@H](C(=O)N[C@@H](CS)C(=O)N[C@H](C(N)=O)[C@@H](C)O)[C@@H](C)O. The highest BCUT2D eigenvalue weighted by Crippen LogP contribution is 2.20. The van der Waals surface area contributed by atoms with Gasteiger partial charge in [-0.15, -0.1) is 0 Å². The fourth-order valence-corrected chi connectivity index (χ4v) is 9.91. The van der Waals surface area contributed by atoms with Crippen LogP contribution in [0.5, 0.6) is 0 Å². The Morgan fingerprint density at radius 1 is 0.551 bits per heavy atom. The van der Waals surface area contributed by atoms with Gasteiger partial charge in [-0.05, 0) is 89.0 Å². The fraction of sp³-hybridized carbons (Fsp3) is 0.607. The van der Waals surface area contributed by atoms with Crippen molar-refractivity contribution in [2.45, 2.75) is 191 Å². The van der Waals surface area contributed by atoms with E-state index >= 15 is 0 Å². The van der Waals surface area contributed by atoms with Gasteiger partial charge >= 0.3 is 0 Å². The number of rotatable bonds is 44. The Hall–Kier alpha value is -6.98. The first-order chi connectivity index (χ1) is 42.7. The summed E-state index contributed by atoms with van der Waals surface area (Å²) in [6, 6.07) is 4.87. The molecule has 496 valence electrons. The van der Waals surface area contributed by atoms with E-state index in [2.05, 4.69) is 97.3 Å². The Balaban J connectivity index is 1.78. The number of hydrogen-bond acceptors (Lipinski definition) is 16. The molecular weight excluding hydrogens is 1180 g/mol. The summed E-state index contributed by atoms with van der Waals surface area (Å²) in [6.07, 6.45) is 9.89. The standard InChI is InChI=1S/C61H99N15O11S2/c1-5-7-9-19-29-65-61(66-30-20-10-8-6-2)67-31-21-17-25-43(63)54(81)69-35-50(79)70-48(36-88)58(85)72-46(32-40-22-12-11-13-23-40)56(83)73-47(33-41-34-68-44-26-15-14-24-42(41)44)57(84)71-45(27-16-18-28-62)55(82)76-52(39(4)78)60(87)74-49(37-89)59(86)75-51(38(3)77)53(64)80/h11-15,22-24,26,34,38-39,43,45-49,51-52,68,77-78,88-89H,5-10,16-21,25,27-33,35-37,62-63H2,1-4H3,(H2,64,80)(H,69,81)(H,70,79)(H,71,84)(H,72,85)(H,73,83)(H,74,87)(H,75,86)(H,76,82)(H2,65,66,67)/t38-,39-,43+,45+,46+,47-,48+,49+,51+,52+/m1/s1. The first-order valence-corrected chi connectivity index (χ1v) is 32.3. The first kappa shape index (κ1) is 76.3. The molecule has 0 aliphatic carbocycles. The van der Waals surface area contributed by atoms with E-state index in [4.69, 9.17) is 22.2 Å². The molecule has 9 amide bonds. The lowest BCUT2D eigenvalue weighted by atomic mass is 10.0. The first-order valence-electron chi connectivity index (χ1n) is 31.0. The number of primary amides is 1. The Labute approximate surface area is 533 Å². The predicted molar refractivity (Wildman–Crippen MR) is 350 cm³/mol. The van der Waals surface area contributed by atoms with Gasteiger partial charge in [0.15, 0.2) is 5.96 Å². The number of amides is 9. The molecule has 19 N–H and O–H groups in total. The average Bonchev–Trinajstić information content (AvgIpc) is 2.43. The Morgan fingerprint density at radius 3 is 1.67 bits per heavy atom. The van der Waals surface area contributed by atoms with Gasteiger partial charge in [-0.3, -0.25) is 48.1 Å². The van der Waals surface area contributed by atoms with Crippen molar-refractivity contribution < 1.29 is 53.4 Å². The van der Waals surface area contributed by atoms with E-state index in [1.165, 1.54) is 26.7 Å². The number of unbranched alkanes of at least 4 members (excludes halogenated alkanes) is 8. The van der Waals surface area contributed by atoms with Crippen LogP contribution in [0.15, 0.2) is 65.8 Å². The van der Waals surface area contributed by atoms with E-state index in [0.717, 1.165) is 74.9 Å². The summed E-state index contributed by atoms with van der Waals surface area (Å²) >= 11 is 8.46. The molecule has 0 radical (unpaired) electrons. The number of carbonyl (C=O) groups is 9. The molecule has 10 atom stereocenters. The highest BCUT2D eigenvalue weighted by Gasteiger charge is 2.36. The van der Waals surface area contributed by atoms with Crippen molar-refractivity contribution in [3.05, 3.63) is 71.9 Å². The largest absolute Gasteiger partial charge is 0.391 e. The zero-order valence-corrected chi connectivity index (χ0v) is 53.7. The van der Waals surface area contributed by atoms with Crippen LogP contribution in [0.2, 0.25) is 0 Å². The van der Waals surface area contributed by atoms with Crippen LogP contribution in [0, 0.1) is 0 Å². The van der Waals surface area contributed by atoms with Gasteiger partial charge in [0.2, 0.25) is 53.2 Å². The molecule has 28 heteroatoms. The summed E-state index contributed by atoms with van der Waals surface area (Å²) in [7, 11) is 0. The molecular formula is C61H99N15O11S2. The molecule has 89 heavy (non-hydrogen) atoms. The number of aliphatic hydroxyl groups excluding tert-OH is 2. The van der Waals surface area contributed by atoms with Crippen LogP contribution >= 0.6 is 25.3 Å². The zero-order chi connectivity index (χ0) is 65.7. The smallest absolute Gasteiger partial charge is 0.245 e. The Kier molecular flexibility index (Phi) is 36.7. The fourth-order valence-electron chi connectivity index (χ4n) is 9.39. The van der Waals surface area contributed by atoms with Gasteiger partial charge in [0.25, 0.3) is 0 Å². The quantitative estimate of drug-likeness (QED) is 0.0152. The minimum atomic E-state index is -1.71. The van der Waals surface area contributed by atoms with Crippen molar-refractivity contribution in [2.75, 3.05) is 44.2 Å². The monoisotopic (exact) mass is 1280 g/mol. The highest BCUT2D eigenvalue weighted by molar-refractivity contribution is 7.80. The molecule has 0 aliphatic rings. The maximum atomic E-state index is 14.8. The van der Waals surface area contributed by atoms with E-state index in [-0.39, 0.29) is 37.3 Å². The van der Waals surface area contributed by atoms with Crippen molar-refractivity contribution in [1.29, 1.82) is 0 Å². The van der Waals surface area contributed by atoms with Crippen molar-refractivity contribution in [3.63, 3.8) is 0 Å². The number of hydrogen-bond donors (Lipinski definition) is 18. The van der Waals surface area contributed by atoms with Gasteiger partial charge in [-0.25, -0.2) is 0 Å². The summed E-state index contributed by atoms with van der Waals surface area (Å²) in [5.41, 5.74) is 19.3. The van der Waals surface area contributed by atoms with Crippen LogP contribution in [0.3, 0.4) is 0 Å². The van der Waals surface area contributed by atoms with E-state index < -0.39 is 120 Å². The number of guanidine groups is 1. The third-order valence-electron chi connectivity index (χ3n) is 14.6. The minimum Gasteiger partial charge on any atom is -0.391 e. The third kappa shape index (κ3) is 28.6. The zero-order valence-electron chi connectivity index (χ0n) is 52.0. The molecule has 0 saturated heterocycles. The summed E-state index contributed by atoms with van der Waals surface area (Å²) in [5, 5.41) is 48.7. The molecule has 2 aromatic carbocycles. The number of H-pyrrole nitrogens is 1. The molecule has 1 aromatic heterocycles. The lowest BCUT2D eigenvalue weighted by molar-refractivity contribution is -0.137. The number of aliphatic hydroxyl groups is 2. The molecule has 1 heterocycles. The second-order valence-electron chi connectivity index (χ2n) is 22.1. The number of aromatic amines is 1. The number of carbonyl (C=O) groups excluding carboxylic acids is 9. The van der Waals surface area contributed by atoms with Gasteiger partial charge in [0, 0.05) is 61.1 Å². The van der Waals surface area contributed by atoms with E-state index in [0.29, 0.717) is 43.4 Å². The second-order valence-corrected chi connectivity index (χ2v) is 22.9. The van der Waals surface area contributed by atoms with E-state index in [9.17, 15) is 53.4 Å². The number of nitrogens with zero attached hydrogens (tertiary/aromatic N) is 1. The molecule has 0 saturated carbocycles. The van der Waals surface area contributed by atoms with Crippen molar-refractivity contribution in [2.24, 2.45) is 22.2 Å². The number of thiol groups is 2. The topological polar surface area (TPSA) is 421 Å². The van der Waals surface area contributed by atoms with Crippen LogP contribution in [0.4, 0.5) is 0 Å². The summed E-state index contributed by atoms with van der Waals surface area (Å²) < 4.78 is 0. The number of benzene rings is 2. The maximum Gasteiger partial charge on any atom is 0.245 e. The summed E-state index contributed by atoms with van der Waals surface area (Å²) in [5.74, 6) is -7.49. The number of nitrogens with two attached hydrogens (primary N) is 3. The number of fused-ring (bicyclic) bond motifs is 1. The number of para-hydroxylation sites is 1. The molecule has 0 bridgehead atoms. The average molecular weight is 1280 g/mol. The lowest BCUT2D eigenvalue weighted by Gasteiger charge is -2.28. The number of aromatic nitrogens is 1. The van der Waals surface area contributed by atoms with Crippen LogP contribution in [0.25, 0.3) is 10.9 Å². The van der Waals surface area contributed by atoms with Crippen LogP contribution in [0.1, 0.15) is 129 Å². The Morgan fingerprint density at radius 2 is 1.07 bits per heavy atom. The molecule has 0 unspecified atom stereocenters. The van der Waals surface area contributed by atoms with Gasteiger partial charge in [-0.1, -0.05) is 101 Å². The van der Waals surface area contributed by atoms with Crippen molar-refractivity contribution in [1.82, 2.24) is 58.2 Å².